The van der Waals surface area contributed by atoms with Gasteiger partial charge < -0.3 is 14.5 Å². The molecule has 0 saturated carbocycles. The molecule has 4 rings (SSSR count). The number of anilines is 1. The molecule has 0 radical (unpaired) electrons. The van der Waals surface area contributed by atoms with Gasteiger partial charge in [0.25, 0.3) is 5.91 Å². The Morgan fingerprint density at radius 2 is 1.83 bits per heavy atom. The predicted molar refractivity (Wildman–Crippen MR) is 121 cm³/mol. The number of nitrogens with one attached hydrogen (secondary N) is 2. The number of fused-ring (bicyclic) bond motifs is 1. The van der Waals surface area contributed by atoms with E-state index in [9.17, 15) is 4.79 Å². The molecule has 0 aliphatic rings. The summed E-state index contributed by atoms with van der Waals surface area (Å²) in [5, 5.41) is 5.87. The molecule has 1 aromatic heterocycles. The molecule has 0 unspecified atom stereocenters. The number of carbonyl (C=O) groups excluding carboxylic acids is 1. The summed E-state index contributed by atoms with van der Waals surface area (Å²) >= 11 is 5.32. The van der Waals surface area contributed by atoms with E-state index in [0.29, 0.717) is 28.5 Å². The summed E-state index contributed by atoms with van der Waals surface area (Å²) in [5.74, 6) is 0.764. The molecule has 1 amide bonds. The van der Waals surface area contributed by atoms with Gasteiger partial charge in [-0.05, 0) is 61.6 Å². The number of nitrogens with zero attached hydrogens (tertiary/aromatic N) is 1. The number of carbonyl (C=O) groups is 1. The first-order valence-corrected chi connectivity index (χ1v) is 9.67. The van der Waals surface area contributed by atoms with E-state index in [1.54, 1.807) is 25.3 Å². The number of para-hydroxylation sites is 2. The second kappa shape index (κ2) is 8.34. The van der Waals surface area contributed by atoms with Gasteiger partial charge in [-0.25, -0.2) is 4.98 Å². The van der Waals surface area contributed by atoms with Crippen LogP contribution in [0.2, 0.25) is 0 Å². The Labute approximate surface area is 178 Å². The maximum Gasteiger partial charge on any atom is 0.257 e. The minimum absolute atomic E-state index is 0.161. The molecule has 0 spiro atoms. The predicted octanol–water partition coefficient (Wildman–Crippen LogP) is 4.94. The Hall–Kier alpha value is -3.71. The molecular formula is C23H19N3O3S. The molecule has 0 bridgehead atoms. The fourth-order valence-corrected chi connectivity index (χ4v) is 3.17. The maximum atomic E-state index is 12.4. The van der Waals surface area contributed by atoms with Crippen LogP contribution in [0.1, 0.15) is 15.9 Å². The van der Waals surface area contributed by atoms with Crippen molar-refractivity contribution in [2.24, 2.45) is 0 Å². The first-order valence-electron chi connectivity index (χ1n) is 9.26. The Kier molecular flexibility index (Phi) is 5.45. The van der Waals surface area contributed by atoms with Crippen LogP contribution in [0.25, 0.3) is 22.6 Å². The minimum atomic E-state index is -0.290. The molecule has 0 atom stereocenters. The molecule has 3 aromatic carbocycles. The number of methoxy groups -OCH3 is 1. The molecule has 1 heterocycles. The average Bonchev–Trinajstić information content (AvgIpc) is 3.18. The van der Waals surface area contributed by atoms with E-state index in [2.05, 4.69) is 15.6 Å². The van der Waals surface area contributed by atoms with E-state index in [1.165, 1.54) is 0 Å². The number of hydrogen-bond donors (Lipinski definition) is 2. The lowest BCUT2D eigenvalue weighted by molar-refractivity contribution is 0.0977. The second-order valence-corrected chi connectivity index (χ2v) is 7.08. The van der Waals surface area contributed by atoms with Gasteiger partial charge in [-0.2, -0.15) is 0 Å². The van der Waals surface area contributed by atoms with Crippen molar-refractivity contribution in [3.05, 3.63) is 77.9 Å². The summed E-state index contributed by atoms with van der Waals surface area (Å²) in [6.45, 7) is 1.96. The van der Waals surface area contributed by atoms with Crippen LogP contribution in [0.5, 0.6) is 5.75 Å². The number of amides is 1. The summed E-state index contributed by atoms with van der Waals surface area (Å²) in [7, 11) is 1.56. The summed E-state index contributed by atoms with van der Waals surface area (Å²) in [4.78, 5) is 16.9. The summed E-state index contributed by atoms with van der Waals surface area (Å²) in [6, 6.07) is 20.3. The van der Waals surface area contributed by atoms with E-state index in [-0.39, 0.29) is 11.0 Å². The number of aromatic nitrogens is 1. The number of aryl methyl sites for hydroxylation is 1. The minimum Gasteiger partial charge on any atom is -0.495 e. The normalized spacial score (nSPS) is 10.6. The van der Waals surface area contributed by atoms with Crippen molar-refractivity contribution in [2.45, 2.75) is 6.92 Å². The lowest BCUT2D eigenvalue weighted by Crippen LogP contribution is -2.34. The fourth-order valence-electron chi connectivity index (χ4n) is 2.97. The molecule has 0 aliphatic carbocycles. The second-order valence-electron chi connectivity index (χ2n) is 6.68. The fraction of sp³-hybridized carbons (Fsp3) is 0.0870. The number of benzene rings is 3. The Balaban J connectivity index is 1.55. The van der Waals surface area contributed by atoms with E-state index in [0.717, 1.165) is 16.6 Å². The third kappa shape index (κ3) is 4.16. The van der Waals surface area contributed by atoms with Crippen molar-refractivity contribution in [2.75, 3.05) is 12.4 Å². The summed E-state index contributed by atoms with van der Waals surface area (Å²) < 4.78 is 11.3. The van der Waals surface area contributed by atoms with Crippen molar-refractivity contribution >= 4 is 40.0 Å². The standard InChI is InChI=1S/C23H19N3O3S/c1-14-7-9-15(10-8-14)21(27)26-23(30)25-18-13-16(11-12-19(18)28-2)22-24-17-5-3-4-6-20(17)29-22/h3-13H,1-2H3,(H2,25,26,27,30). The maximum absolute atomic E-state index is 12.4. The molecule has 30 heavy (non-hydrogen) atoms. The van der Waals surface area contributed by atoms with E-state index < -0.39 is 0 Å². The SMILES string of the molecule is COc1ccc(-c2nc3ccccc3o2)cc1NC(=S)NC(=O)c1ccc(C)cc1. The van der Waals surface area contributed by atoms with E-state index >= 15 is 0 Å². The van der Waals surface area contributed by atoms with Crippen LogP contribution in [0.3, 0.4) is 0 Å². The van der Waals surface area contributed by atoms with Crippen molar-refractivity contribution in [3.8, 4) is 17.2 Å². The van der Waals surface area contributed by atoms with Crippen LogP contribution in [0.15, 0.2) is 71.1 Å². The largest absolute Gasteiger partial charge is 0.495 e. The van der Waals surface area contributed by atoms with E-state index in [4.69, 9.17) is 21.4 Å². The lowest BCUT2D eigenvalue weighted by Gasteiger charge is -2.13. The average molecular weight is 417 g/mol. The third-order valence-electron chi connectivity index (χ3n) is 4.53. The molecule has 7 heteroatoms. The highest BCUT2D eigenvalue weighted by Gasteiger charge is 2.14. The molecule has 0 aliphatic heterocycles. The quantitative estimate of drug-likeness (QED) is 0.458. The van der Waals surface area contributed by atoms with Gasteiger partial charge in [0.15, 0.2) is 10.7 Å². The van der Waals surface area contributed by atoms with Crippen molar-refractivity contribution in [1.29, 1.82) is 0 Å². The van der Waals surface area contributed by atoms with Crippen LogP contribution in [0.4, 0.5) is 5.69 Å². The molecule has 150 valence electrons. The highest BCUT2D eigenvalue weighted by Crippen LogP contribution is 2.31. The van der Waals surface area contributed by atoms with Crippen LogP contribution < -0.4 is 15.4 Å². The van der Waals surface area contributed by atoms with Crippen LogP contribution in [-0.2, 0) is 0 Å². The molecule has 0 fully saturated rings. The topological polar surface area (TPSA) is 76.4 Å². The Morgan fingerprint density at radius 1 is 1.07 bits per heavy atom. The summed E-state index contributed by atoms with van der Waals surface area (Å²) in [6.07, 6.45) is 0. The smallest absolute Gasteiger partial charge is 0.257 e. The van der Waals surface area contributed by atoms with Crippen LogP contribution in [0, 0.1) is 6.92 Å². The molecule has 0 saturated heterocycles. The highest BCUT2D eigenvalue weighted by atomic mass is 32.1. The highest BCUT2D eigenvalue weighted by molar-refractivity contribution is 7.80. The zero-order valence-corrected chi connectivity index (χ0v) is 17.2. The molecule has 6 nitrogen and oxygen atoms in total. The van der Waals surface area contributed by atoms with Gasteiger partial charge in [-0.15, -0.1) is 0 Å². The molecule has 2 N–H and O–H groups in total. The summed E-state index contributed by atoms with van der Waals surface area (Å²) in [5.41, 5.74) is 4.43. The monoisotopic (exact) mass is 417 g/mol. The van der Waals surface area contributed by atoms with Gasteiger partial charge in [0.05, 0.1) is 12.8 Å². The number of rotatable bonds is 4. The van der Waals surface area contributed by atoms with Crippen LogP contribution >= 0.6 is 12.2 Å². The zero-order chi connectivity index (χ0) is 21.1. The van der Waals surface area contributed by atoms with Gasteiger partial charge in [-0.3, -0.25) is 10.1 Å². The first-order chi connectivity index (χ1) is 14.5. The van der Waals surface area contributed by atoms with Gasteiger partial charge >= 0.3 is 0 Å². The number of thiocarbonyl (C=S) groups is 1. The van der Waals surface area contributed by atoms with Crippen molar-refractivity contribution in [3.63, 3.8) is 0 Å². The van der Waals surface area contributed by atoms with Crippen molar-refractivity contribution in [1.82, 2.24) is 10.3 Å². The lowest BCUT2D eigenvalue weighted by atomic mass is 10.1. The third-order valence-corrected chi connectivity index (χ3v) is 4.73. The van der Waals surface area contributed by atoms with Gasteiger partial charge in [0, 0.05) is 11.1 Å². The zero-order valence-electron chi connectivity index (χ0n) is 16.4. The van der Waals surface area contributed by atoms with Crippen molar-refractivity contribution < 1.29 is 13.9 Å². The number of hydrogen-bond acceptors (Lipinski definition) is 5. The number of ether oxygens (including phenoxy) is 1. The van der Waals surface area contributed by atoms with E-state index in [1.807, 2.05) is 55.5 Å². The van der Waals surface area contributed by atoms with Gasteiger partial charge in [-0.1, -0.05) is 29.8 Å². The van der Waals surface area contributed by atoms with Gasteiger partial charge in [0.2, 0.25) is 5.89 Å². The molecule has 4 aromatic rings. The van der Waals surface area contributed by atoms with Crippen LogP contribution in [-0.4, -0.2) is 23.1 Å². The first kappa shape index (κ1) is 19.6. The Morgan fingerprint density at radius 3 is 2.57 bits per heavy atom. The molecular weight excluding hydrogens is 398 g/mol. The Bertz CT molecular complexity index is 1200. The number of oxazole rings is 1. The van der Waals surface area contributed by atoms with Gasteiger partial charge in [0.1, 0.15) is 11.3 Å².